The van der Waals surface area contributed by atoms with Gasteiger partial charge in [0.2, 0.25) is 0 Å². The van der Waals surface area contributed by atoms with Crippen molar-refractivity contribution in [3.05, 3.63) is 28.6 Å². The van der Waals surface area contributed by atoms with Crippen LogP contribution in [0.4, 0.5) is 0 Å². The van der Waals surface area contributed by atoms with E-state index in [0.717, 1.165) is 41.9 Å². The van der Waals surface area contributed by atoms with Gasteiger partial charge in [0.1, 0.15) is 5.52 Å². The second-order valence-corrected chi connectivity index (χ2v) is 5.33. The molecule has 3 nitrogen and oxygen atoms in total. The van der Waals surface area contributed by atoms with Gasteiger partial charge in [-0.1, -0.05) is 25.4 Å². The fourth-order valence-electron chi connectivity index (χ4n) is 1.94. The summed E-state index contributed by atoms with van der Waals surface area (Å²) in [4.78, 5) is 4.47. The largest absolute Gasteiger partial charge is 0.440 e. The van der Waals surface area contributed by atoms with Gasteiger partial charge in [0.25, 0.3) is 0 Å². The van der Waals surface area contributed by atoms with Gasteiger partial charge in [-0.15, -0.1) is 0 Å². The summed E-state index contributed by atoms with van der Waals surface area (Å²) in [7, 11) is 0. The van der Waals surface area contributed by atoms with Crippen LogP contribution in [0.2, 0.25) is 5.02 Å². The van der Waals surface area contributed by atoms with Gasteiger partial charge >= 0.3 is 0 Å². The Morgan fingerprint density at radius 3 is 2.89 bits per heavy atom. The Morgan fingerprint density at radius 2 is 2.17 bits per heavy atom. The minimum atomic E-state index is 0.523. The Morgan fingerprint density at radius 1 is 1.39 bits per heavy atom. The number of halogens is 1. The predicted molar refractivity (Wildman–Crippen MR) is 75.2 cm³/mol. The summed E-state index contributed by atoms with van der Waals surface area (Å²) < 4.78 is 5.76. The molecule has 0 saturated heterocycles. The molecule has 1 N–H and O–H groups in total. The summed E-state index contributed by atoms with van der Waals surface area (Å²) in [6.45, 7) is 7.26. The third kappa shape index (κ3) is 3.24. The van der Waals surface area contributed by atoms with E-state index in [0.29, 0.717) is 11.1 Å². The number of nitrogens with zero attached hydrogens (tertiary/aromatic N) is 1. The average Bonchev–Trinajstić information content (AvgIpc) is 2.67. The first kappa shape index (κ1) is 13.4. The molecule has 0 radical (unpaired) electrons. The molecule has 0 fully saturated rings. The van der Waals surface area contributed by atoms with Crippen LogP contribution in [0.1, 0.15) is 31.7 Å². The standard InChI is InChI=1S/C14H19ClN2O/c1-9(2)16-6-4-5-13-17-12-8-11(15)7-10(3)14(12)18-13/h7-9,16H,4-6H2,1-3H3. The van der Waals surface area contributed by atoms with Crippen LogP contribution in [0.5, 0.6) is 0 Å². The van der Waals surface area contributed by atoms with Crippen molar-refractivity contribution < 1.29 is 4.42 Å². The topological polar surface area (TPSA) is 38.1 Å². The molecule has 18 heavy (non-hydrogen) atoms. The van der Waals surface area contributed by atoms with Crippen molar-refractivity contribution in [3.8, 4) is 0 Å². The molecule has 0 unspecified atom stereocenters. The van der Waals surface area contributed by atoms with Gasteiger partial charge in [0, 0.05) is 17.5 Å². The zero-order valence-electron chi connectivity index (χ0n) is 11.1. The van der Waals surface area contributed by atoms with E-state index in [9.17, 15) is 0 Å². The molecule has 0 atom stereocenters. The van der Waals surface area contributed by atoms with Crippen molar-refractivity contribution in [2.24, 2.45) is 0 Å². The maximum atomic E-state index is 6.00. The molecule has 0 spiro atoms. The Labute approximate surface area is 113 Å². The number of benzene rings is 1. The summed E-state index contributed by atoms with van der Waals surface area (Å²) >= 11 is 6.00. The summed E-state index contributed by atoms with van der Waals surface area (Å²) in [6, 6.07) is 4.28. The lowest BCUT2D eigenvalue weighted by Gasteiger charge is -2.05. The number of hydrogen-bond acceptors (Lipinski definition) is 3. The molecule has 1 aromatic carbocycles. The second-order valence-electron chi connectivity index (χ2n) is 4.89. The third-order valence-electron chi connectivity index (χ3n) is 2.80. The van der Waals surface area contributed by atoms with Crippen LogP contribution in [-0.4, -0.2) is 17.6 Å². The average molecular weight is 267 g/mol. The SMILES string of the molecule is Cc1cc(Cl)cc2nc(CCCNC(C)C)oc12. The van der Waals surface area contributed by atoms with Gasteiger partial charge in [0.15, 0.2) is 11.5 Å². The molecule has 1 aromatic heterocycles. The number of aromatic nitrogens is 1. The monoisotopic (exact) mass is 266 g/mol. The molecule has 0 aliphatic carbocycles. The van der Waals surface area contributed by atoms with Crippen LogP contribution in [0.3, 0.4) is 0 Å². The number of hydrogen-bond donors (Lipinski definition) is 1. The third-order valence-corrected chi connectivity index (χ3v) is 3.02. The maximum Gasteiger partial charge on any atom is 0.195 e. The molecule has 0 bridgehead atoms. The Bertz CT molecular complexity index is 534. The highest BCUT2D eigenvalue weighted by atomic mass is 35.5. The van der Waals surface area contributed by atoms with E-state index in [4.69, 9.17) is 16.0 Å². The van der Waals surface area contributed by atoms with E-state index < -0.39 is 0 Å². The van der Waals surface area contributed by atoms with Crippen LogP contribution in [0.25, 0.3) is 11.1 Å². The number of oxazole rings is 1. The van der Waals surface area contributed by atoms with Crippen LogP contribution in [-0.2, 0) is 6.42 Å². The van der Waals surface area contributed by atoms with Gasteiger partial charge in [-0.3, -0.25) is 0 Å². The number of fused-ring (bicyclic) bond motifs is 1. The van der Waals surface area contributed by atoms with Crippen molar-refractivity contribution in [2.45, 2.75) is 39.7 Å². The van der Waals surface area contributed by atoms with E-state index in [-0.39, 0.29) is 0 Å². The van der Waals surface area contributed by atoms with Gasteiger partial charge in [-0.25, -0.2) is 4.98 Å². The molecule has 4 heteroatoms. The van der Waals surface area contributed by atoms with E-state index in [2.05, 4.69) is 24.1 Å². The minimum Gasteiger partial charge on any atom is -0.440 e. The van der Waals surface area contributed by atoms with Crippen molar-refractivity contribution in [1.29, 1.82) is 0 Å². The van der Waals surface area contributed by atoms with E-state index in [1.807, 2.05) is 19.1 Å². The van der Waals surface area contributed by atoms with Crippen LogP contribution in [0.15, 0.2) is 16.5 Å². The van der Waals surface area contributed by atoms with Gasteiger partial charge < -0.3 is 9.73 Å². The fourth-order valence-corrected chi connectivity index (χ4v) is 2.21. The lowest BCUT2D eigenvalue weighted by atomic mass is 10.2. The van der Waals surface area contributed by atoms with Gasteiger partial charge in [-0.2, -0.15) is 0 Å². The first-order valence-electron chi connectivity index (χ1n) is 6.35. The van der Waals surface area contributed by atoms with Crippen molar-refractivity contribution >= 4 is 22.7 Å². The van der Waals surface area contributed by atoms with Gasteiger partial charge in [0.05, 0.1) is 0 Å². The predicted octanol–water partition coefficient (Wildman–Crippen LogP) is 3.72. The Hall–Kier alpha value is -1.06. The van der Waals surface area contributed by atoms with Crippen LogP contribution in [0, 0.1) is 6.92 Å². The Kier molecular flexibility index (Phi) is 4.25. The number of rotatable bonds is 5. The minimum absolute atomic E-state index is 0.523. The first-order valence-corrected chi connectivity index (χ1v) is 6.73. The van der Waals surface area contributed by atoms with E-state index in [1.165, 1.54) is 0 Å². The highest BCUT2D eigenvalue weighted by Crippen LogP contribution is 2.24. The molecule has 98 valence electrons. The molecule has 0 aliphatic heterocycles. The van der Waals surface area contributed by atoms with Crippen molar-refractivity contribution in [1.82, 2.24) is 10.3 Å². The van der Waals surface area contributed by atoms with Crippen molar-refractivity contribution in [2.75, 3.05) is 6.54 Å². The summed E-state index contributed by atoms with van der Waals surface area (Å²) in [5.41, 5.74) is 2.74. The number of aryl methyl sites for hydroxylation is 2. The molecular formula is C14H19ClN2O. The molecule has 2 rings (SSSR count). The van der Waals surface area contributed by atoms with Gasteiger partial charge in [-0.05, 0) is 37.6 Å². The zero-order chi connectivity index (χ0) is 13.1. The quantitative estimate of drug-likeness (QED) is 0.838. The molecule has 0 saturated carbocycles. The van der Waals surface area contributed by atoms with Crippen molar-refractivity contribution in [3.63, 3.8) is 0 Å². The van der Waals surface area contributed by atoms with Crippen LogP contribution >= 0.6 is 11.6 Å². The zero-order valence-corrected chi connectivity index (χ0v) is 11.8. The molecular weight excluding hydrogens is 248 g/mol. The summed E-state index contributed by atoms with van der Waals surface area (Å²) in [5.74, 6) is 0.793. The molecule has 2 aromatic rings. The molecule has 1 heterocycles. The smallest absolute Gasteiger partial charge is 0.195 e. The molecule has 0 amide bonds. The first-order chi connectivity index (χ1) is 8.56. The highest BCUT2D eigenvalue weighted by Gasteiger charge is 2.09. The summed E-state index contributed by atoms with van der Waals surface area (Å²) in [5, 5.41) is 4.09. The van der Waals surface area contributed by atoms with Crippen LogP contribution < -0.4 is 5.32 Å². The lowest BCUT2D eigenvalue weighted by Crippen LogP contribution is -2.23. The molecule has 0 aliphatic rings. The van der Waals surface area contributed by atoms with E-state index >= 15 is 0 Å². The summed E-state index contributed by atoms with van der Waals surface area (Å²) in [6.07, 6.45) is 1.88. The lowest BCUT2D eigenvalue weighted by molar-refractivity contribution is 0.499. The Balaban J connectivity index is 2.04. The van der Waals surface area contributed by atoms with E-state index in [1.54, 1.807) is 0 Å². The second kappa shape index (κ2) is 5.72. The number of nitrogens with one attached hydrogen (secondary N) is 1. The maximum absolute atomic E-state index is 6.00. The highest BCUT2D eigenvalue weighted by molar-refractivity contribution is 6.31. The normalized spacial score (nSPS) is 11.6. The fraction of sp³-hybridized carbons (Fsp3) is 0.500.